The van der Waals surface area contributed by atoms with Crippen molar-refractivity contribution < 1.29 is 13.2 Å². The summed E-state index contributed by atoms with van der Waals surface area (Å²) in [6, 6.07) is 14.9. The third kappa shape index (κ3) is 7.41. The van der Waals surface area contributed by atoms with Crippen LogP contribution in [0.3, 0.4) is 0 Å². The molecule has 2 aromatic rings. The predicted molar refractivity (Wildman–Crippen MR) is 131 cm³/mol. The molecule has 0 aromatic heterocycles. The minimum absolute atomic E-state index is 0.113. The lowest BCUT2D eigenvalue weighted by Gasteiger charge is -2.28. The number of halogens is 3. The van der Waals surface area contributed by atoms with Crippen molar-refractivity contribution in [2.24, 2.45) is 0 Å². The van der Waals surface area contributed by atoms with Gasteiger partial charge in [0.15, 0.2) is 17.5 Å². The summed E-state index contributed by atoms with van der Waals surface area (Å²) in [6.45, 7) is 2.27. The van der Waals surface area contributed by atoms with E-state index in [2.05, 4.69) is 43.0 Å². The van der Waals surface area contributed by atoms with Gasteiger partial charge < -0.3 is 0 Å². The molecule has 0 N–H and O–H groups in total. The van der Waals surface area contributed by atoms with Crippen LogP contribution in [0.25, 0.3) is 6.08 Å². The Morgan fingerprint density at radius 2 is 1.59 bits per heavy atom. The van der Waals surface area contributed by atoms with Crippen molar-refractivity contribution in [2.45, 2.75) is 75.9 Å². The second-order valence-electron chi connectivity index (χ2n) is 8.94. The first kappa shape index (κ1) is 24.4. The van der Waals surface area contributed by atoms with Crippen molar-refractivity contribution in [3.63, 3.8) is 0 Å². The van der Waals surface area contributed by atoms with Gasteiger partial charge in [-0.3, -0.25) is 0 Å². The summed E-state index contributed by atoms with van der Waals surface area (Å²) in [5.41, 5.74) is 2.58. The molecule has 0 aliphatic carbocycles. The lowest BCUT2D eigenvalue weighted by atomic mass is 9.93. The van der Waals surface area contributed by atoms with E-state index >= 15 is 0 Å². The highest BCUT2D eigenvalue weighted by molar-refractivity contribution is 6.59. The summed E-state index contributed by atoms with van der Waals surface area (Å²) < 4.78 is 39.4. The Morgan fingerprint density at radius 3 is 2.25 bits per heavy atom. The van der Waals surface area contributed by atoms with Crippen LogP contribution in [-0.4, -0.2) is 8.80 Å². The van der Waals surface area contributed by atoms with E-state index in [4.69, 9.17) is 0 Å². The highest BCUT2D eigenvalue weighted by Crippen LogP contribution is 2.35. The average molecular weight is 455 g/mol. The second kappa shape index (κ2) is 12.7. The molecule has 4 heteroatoms. The van der Waals surface area contributed by atoms with Crippen molar-refractivity contribution in [2.75, 3.05) is 0 Å². The van der Waals surface area contributed by atoms with Crippen LogP contribution in [0.5, 0.6) is 0 Å². The summed E-state index contributed by atoms with van der Waals surface area (Å²) in [6.07, 6.45) is 13.2. The Morgan fingerprint density at radius 1 is 0.938 bits per heavy atom. The molecule has 1 heterocycles. The molecule has 1 aliphatic rings. The maximum Gasteiger partial charge on any atom is 0.194 e. The topological polar surface area (TPSA) is 0 Å². The van der Waals surface area contributed by atoms with Crippen molar-refractivity contribution in [1.29, 1.82) is 0 Å². The van der Waals surface area contributed by atoms with Crippen molar-refractivity contribution in [3.8, 4) is 11.8 Å². The number of rotatable bonds is 8. The van der Waals surface area contributed by atoms with Crippen LogP contribution in [0.2, 0.25) is 18.1 Å². The van der Waals surface area contributed by atoms with E-state index in [-0.39, 0.29) is 5.56 Å². The molecule has 0 atom stereocenters. The van der Waals surface area contributed by atoms with Crippen LogP contribution >= 0.6 is 0 Å². The maximum absolute atomic E-state index is 13.2. The Balaban J connectivity index is 1.46. The van der Waals surface area contributed by atoms with Crippen LogP contribution in [0.4, 0.5) is 13.2 Å². The molecule has 32 heavy (non-hydrogen) atoms. The first-order valence-corrected chi connectivity index (χ1v) is 14.4. The van der Waals surface area contributed by atoms with Crippen LogP contribution < -0.4 is 0 Å². The SMILES string of the molecule is CCCCCCC[SiH]1CCC(c2ccc(/C=C/C#Cc3cc(F)c(F)c(F)c3)cc2)CC1. The zero-order valence-electron chi connectivity index (χ0n) is 19.0. The molecule has 1 fully saturated rings. The van der Waals surface area contributed by atoms with E-state index < -0.39 is 26.2 Å². The average Bonchev–Trinajstić information content (AvgIpc) is 2.81. The second-order valence-corrected chi connectivity index (χ2v) is 12.4. The van der Waals surface area contributed by atoms with E-state index in [0.29, 0.717) is 5.92 Å². The molecular formula is C28H33F3Si. The van der Waals surface area contributed by atoms with Crippen LogP contribution in [-0.2, 0) is 0 Å². The number of benzene rings is 2. The zero-order valence-corrected chi connectivity index (χ0v) is 20.1. The molecule has 170 valence electrons. The zero-order chi connectivity index (χ0) is 22.8. The van der Waals surface area contributed by atoms with Gasteiger partial charge in [-0.25, -0.2) is 13.2 Å². The molecule has 0 amide bonds. The summed E-state index contributed by atoms with van der Waals surface area (Å²) in [5.74, 6) is 2.17. The van der Waals surface area contributed by atoms with Gasteiger partial charge in [0, 0.05) is 14.4 Å². The first-order valence-electron chi connectivity index (χ1n) is 12.0. The van der Waals surface area contributed by atoms with E-state index in [1.807, 2.05) is 6.08 Å². The third-order valence-electron chi connectivity index (χ3n) is 6.53. The molecule has 0 bridgehead atoms. The predicted octanol–water partition coefficient (Wildman–Crippen LogP) is 8.24. The van der Waals surface area contributed by atoms with Gasteiger partial charge in [-0.1, -0.05) is 93.3 Å². The van der Waals surface area contributed by atoms with Gasteiger partial charge in [0.1, 0.15) is 0 Å². The van der Waals surface area contributed by atoms with Gasteiger partial charge in [0.2, 0.25) is 0 Å². The first-order chi connectivity index (χ1) is 15.6. The van der Waals surface area contributed by atoms with Gasteiger partial charge in [0.25, 0.3) is 0 Å². The quantitative estimate of drug-likeness (QED) is 0.163. The maximum atomic E-state index is 13.2. The van der Waals surface area contributed by atoms with Crippen LogP contribution in [0, 0.1) is 29.3 Å². The molecule has 1 saturated heterocycles. The molecule has 0 spiro atoms. The summed E-state index contributed by atoms with van der Waals surface area (Å²) in [4.78, 5) is 0. The fourth-order valence-electron chi connectivity index (χ4n) is 4.59. The molecular weight excluding hydrogens is 421 g/mol. The minimum atomic E-state index is -1.47. The van der Waals surface area contributed by atoms with Gasteiger partial charge >= 0.3 is 0 Å². The third-order valence-corrected chi connectivity index (χ3v) is 10.1. The Bertz CT molecular complexity index is 922. The molecule has 2 aromatic carbocycles. The minimum Gasteiger partial charge on any atom is -0.204 e. The van der Waals surface area contributed by atoms with Crippen molar-refractivity contribution in [3.05, 3.63) is 76.6 Å². The summed E-state index contributed by atoms with van der Waals surface area (Å²) in [5, 5.41) is 0. The van der Waals surface area contributed by atoms with Crippen molar-refractivity contribution >= 4 is 14.9 Å². The van der Waals surface area contributed by atoms with Crippen LogP contribution in [0.1, 0.15) is 74.5 Å². The van der Waals surface area contributed by atoms with Gasteiger partial charge in [-0.05, 0) is 54.2 Å². The Hall–Kier alpha value is -2.25. The van der Waals surface area contributed by atoms with Crippen LogP contribution in [0.15, 0.2) is 42.5 Å². The van der Waals surface area contributed by atoms with Gasteiger partial charge in [0.05, 0.1) is 0 Å². The van der Waals surface area contributed by atoms with E-state index in [1.165, 1.54) is 62.6 Å². The molecule has 3 rings (SSSR count). The molecule has 0 saturated carbocycles. The molecule has 0 radical (unpaired) electrons. The largest absolute Gasteiger partial charge is 0.204 e. The number of unbranched alkanes of at least 4 members (excludes halogenated alkanes) is 4. The fourth-order valence-corrected chi connectivity index (χ4v) is 8.07. The monoisotopic (exact) mass is 454 g/mol. The van der Waals surface area contributed by atoms with Gasteiger partial charge in [-0.2, -0.15) is 0 Å². The smallest absolute Gasteiger partial charge is 0.194 e. The number of hydrogen-bond acceptors (Lipinski definition) is 0. The van der Waals surface area contributed by atoms with E-state index in [9.17, 15) is 13.2 Å². The molecule has 0 nitrogen and oxygen atoms in total. The lowest BCUT2D eigenvalue weighted by molar-refractivity contribution is 0.446. The Labute approximate surface area is 192 Å². The lowest BCUT2D eigenvalue weighted by Crippen LogP contribution is -2.20. The summed E-state index contributed by atoms with van der Waals surface area (Å²) in [7, 11) is -0.499. The fraction of sp³-hybridized carbons (Fsp3) is 0.429. The number of hydrogen-bond donors (Lipinski definition) is 0. The highest BCUT2D eigenvalue weighted by atomic mass is 28.3. The van der Waals surface area contributed by atoms with E-state index in [0.717, 1.165) is 17.7 Å². The highest BCUT2D eigenvalue weighted by Gasteiger charge is 2.22. The molecule has 1 aliphatic heterocycles. The standard InChI is InChI=1S/C28H33F3Si/c1-2-3-4-5-8-17-32-18-15-25(16-19-32)24-13-11-22(12-14-24)9-6-7-10-23-20-26(29)28(31)27(30)21-23/h6,9,11-14,20-21,25,32H,2-5,8,15-19H2,1H3/b9-6+. The van der Waals surface area contributed by atoms with E-state index in [1.54, 1.807) is 12.1 Å². The molecule has 0 unspecified atom stereocenters. The van der Waals surface area contributed by atoms with Crippen molar-refractivity contribution in [1.82, 2.24) is 0 Å². The van der Waals surface area contributed by atoms with Gasteiger partial charge in [-0.15, -0.1) is 0 Å². The Kier molecular flexibility index (Phi) is 9.68. The normalized spacial score (nSPS) is 18.5. The number of allylic oxidation sites excluding steroid dienone is 1. The summed E-state index contributed by atoms with van der Waals surface area (Å²) >= 11 is 0.